The van der Waals surface area contributed by atoms with Gasteiger partial charge in [-0.15, -0.1) is 0 Å². The van der Waals surface area contributed by atoms with E-state index in [1.54, 1.807) is 4.90 Å². The summed E-state index contributed by atoms with van der Waals surface area (Å²) in [6.45, 7) is 6.70. The minimum atomic E-state index is -0.579. The molecule has 0 radical (unpaired) electrons. The SMILES string of the molecule is CN1CCC(CCCC(=O)N2CCC(=O)C2(C)C)C1. The Hall–Kier alpha value is -0.900. The zero-order chi connectivity index (χ0) is 14.0. The number of likely N-dealkylation sites (tertiary alicyclic amines) is 2. The van der Waals surface area contributed by atoms with Crippen LogP contribution in [0.2, 0.25) is 0 Å². The minimum absolute atomic E-state index is 0.155. The molecule has 0 bridgehead atoms. The molecule has 0 aromatic heterocycles. The van der Waals surface area contributed by atoms with E-state index in [9.17, 15) is 9.59 Å². The van der Waals surface area contributed by atoms with Crippen LogP contribution in [0.1, 0.15) is 46.0 Å². The topological polar surface area (TPSA) is 40.6 Å². The molecule has 108 valence electrons. The van der Waals surface area contributed by atoms with Gasteiger partial charge in [-0.3, -0.25) is 9.59 Å². The molecule has 0 N–H and O–H groups in total. The Morgan fingerprint density at radius 3 is 2.63 bits per heavy atom. The number of amides is 1. The minimum Gasteiger partial charge on any atom is -0.330 e. The standard InChI is InChI=1S/C15H26N2O2/c1-15(2)13(18)8-10-17(15)14(19)6-4-5-12-7-9-16(3)11-12/h12H,4-11H2,1-3H3. The van der Waals surface area contributed by atoms with Gasteiger partial charge in [-0.1, -0.05) is 0 Å². The predicted octanol–water partition coefficient (Wildman–Crippen LogP) is 1.69. The Bertz CT molecular complexity index is 365. The summed E-state index contributed by atoms with van der Waals surface area (Å²) in [7, 11) is 2.16. The smallest absolute Gasteiger partial charge is 0.223 e. The van der Waals surface area contributed by atoms with E-state index >= 15 is 0 Å². The predicted molar refractivity (Wildman–Crippen MR) is 74.9 cm³/mol. The quantitative estimate of drug-likeness (QED) is 0.777. The molecular weight excluding hydrogens is 240 g/mol. The third-order valence-electron chi connectivity index (χ3n) is 4.71. The van der Waals surface area contributed by atoms with Gasteiger partial charge in [-0.05, 0) is 52.6 Å². The molecule has 1 amide bonds. The van der Waals surface area contributed by atoms with Crippen molar-refractivity contribution >= 4 is 11.7 Å². The van der Waals surface area contributed by atoms with Gasteiger partial charge in [0.1, 0.15) is 0 Å². The van der Waals surface area contributed by atoms with Gasteiger partial charge in [0, 0.05) is 25.9 Å². The molecule has 4 nitrogen and oxygen atoms in total. The third-order valence-corrected chi connectivity index (χ3v) is 4.71. The molecule has 2 rings (SSSR count). The highest BCUT2D eigenvalue weighted by molar-refractivity contribution is 5.95. The van der Waals surface area contributed by atoms with Crippen LogP contribution in [0.4, 0.5) is 0 Å². The first-order valence-corrected chi connectivity index (χ1v) is 7.43. The second kappa shape index (κ2) is 5.61. The molecule has 2 fully saturated rings. The lowest BCUT2D eigenvalue weighted by Crippen LogP contribution is -2.46. The molecule has 0 aromatic rings. The van der Waals surface area contributed by atoms with E-state index < -0.39 is 5.54 Å². The Morgan fingerprint density at radius 2 is 2.11 bits per heavy atom. The summed E-state index contributed by atoms with van der Waals surface area (Å²) < 4.78 is 0. The van der Waals surface area contributed by atoms with Crippen LogP contribution in [0.25, 0.3) is 0 Å². The van der Waals surface area contributed by atoms with Gasteiger partial charge in [-0.2, -0.15) is 0 Å². The van der Waals surface area contributed by atoms with Gasteiger partial charge >= 0.3 is 0 Å². The molecule has 1 unspecified atom stereocenters. The Labute approximate surface area is 116 Å². The first-order valence-electron chi connectivity index (χ1n) is 7.43. The lowest BCUT2D eigenvalue weighted by Gasteiger charge is -2.30. The fraction of sp³-hybridized carbons (Fsp3) is 0.867. The van der Waals surface area contributed by atoms with Gasteiger partial charge in [0.15, 0.2) is 5.78 Å². The van der Waals surface area contributed by atoms with Crippen molar-refractivity contribution in [3.63, 3.8) is 0 Å². The second-order valence-electron chi connectivity index (χ2n) is 6.59. The molecule has 0 saturated carbocycles. The molecule has 1 atom stereocenters. The number of carbonyl (C=O) groups is 2. The summed E-state index contributed by atoms with van der Waals surface area (Å²) in [6, 6.07) is 0. The molecular formula is C15H26N2O2. The van der Waals surface area contributed by atoms with Crippen LogP contribution in [0, 0.1) is 5.92 Å². The Morgan fingerprint density at radius 1 is 1.37 bits per heavy atom. The summed E-state index contributed by atoms with van der Waals surface area (Å²) in [5, 5.41) is 0. The highest BCUT2D eigenvalue weighted by atomic mass is 16.2. The Kier molecular flexibility index (Phi) is 4.29. The average Bonchev–Trinajstić information content (AvgIpc) is 2.85. The number of rotatable bonds is 4. The largest absolute Gasteiger partial charge is 0.330 e. The van der Waals surface area contributed by atoms with Crippen molar-refractivity contribution in [3.05, 3.63) is 0 Å². The maximum atomic E-state index is 12.2. The van der Waals surface area contributed by atoms with E-state index in [0.29, 0.717) is 19.4 Å². The van der Waals surface area contributed by atoms with Crippen LogP contribution in [-0.4, -0.2) is 53.7 Å². The van der Waals surface area contributed by atoms with Gasteiger partial charge in [0.05, 0.1) is 5.54 Å². The number of carbonyl (C=O) groups excluding carboxylic acids is 2. The highest BCUT2D eigenvalue weighted by Gasteiger charge is 2.42. The maximum absolute atomic E-state index is 12.2. The summed E-state index contributed by atoms with van der Waals surface area (Å²) in [5.74, 6) is 1.10. The van der Waals surface area contributed by atoms with Gasteiger partial charge in [0.2, 0.25) is 5.91 Å². The van der Waals surface area contributed by atoms with Gasteiger partial charge in [0.25, 0.3) is 0 Å². The normalized spacial score (nSPS) is 27.2. The first kappa shape index (κ1) is 14.5. The monoisotopic (exact) mass is 266 g/mol. The van der Waals surface area contributed by atoms with E-state index in [-0.39, 0.29) is 11.7 Å². The molecule has 4 heteroatoms. The van der Waals surface area contributed by atoms with Crippen molar-refractivity contribution in [2.75, 3.05) is 26.7 Å². The van der Waals surface area contributed by atoms with Crippen LogP contribution in [0.15, 0.2) is 0 Å². The maximum Gasteiger partial charge on any atom is 0.223 e. The van der Waals surface area contributed by atoms with Crippen molar-refractivity contribution in [3.8, 4) is 0 Å². The third kappa shape index (κ3) is 3.16. The van der Waals surface area contributed by atoms with Crippen molar-refractivity contribution in [1.82, 2.24) is 9.80 Å². The molecule has 2 aliphatic rings. The lowest BCUT2D eigenvalue weighted by atomic mass is 9.98. The van der Waals surface area contributed by atoms with Gasteiger partial charge < -0.3 is 9.80 Å². The highest BCUT2D eigenvalue weighted by Crippen LogP contribution is 2.27. The first-order chi connectivity index (χ1) is 8.91. The van der Waals surface area contributed by atoms with E-state index in [0.717, 1.165) is 18.8 Å². The zero-order valence-corrected chi connectivity index (χ0v) is 12.4. The van der Waals surface area contributed by atoms with E-state index in [1.807, 2.05) is 13.8 Å². The van der Waals surface area contributed by atoms with Crippen LogP contribution in [-0.2, 0) is 9.59 Å². The van der Waals surface area contributed by atoms with Crippen molar-refractivity contribution in [2.45, 2.75) is 51.5 Å². The summed E-state index contributed by atoms with van der Waals surface area (Å²) >= 11 is 0. The molecule has 0 aliphatic carbocycles. The van der Waals surface area contributed by atoms with E-state index in [2.05, 4.69) is 11.9 Å². The molecule has 19 heavy (non-hydrogen) atoms. The van der Waals surface area contributed by atoms with Crippen LogP contribution in [0.3, 0.4) is 0 Å². The lowest BCUT2D eigenvalue weighted by molar-refractivity contribution is -0.138. The molecule has 2 aliphatic heterocycles. The zero-order valence-electron chi connectivity index (χ0n) is 12.4. The van der Waals surface area contributed by atoms with Crippen LogP contribution >= 0.6 is 0 Å². The number of nitrogens with zero attached hydrogens (tertiary/aromatic N) is 2. The fourth-order valence-electron chi connectivity index (χ4n) is 3.32. The van der Waals surface area contributed by atoms with Crippen molar-refractivity contribution in [2.24, 2.45) is 5.92 Å². The number of ketones is 1. The van der Waals surface area contributed by atoms with Crippen LogP contribution < -0.4 is 0 Å². The average molecular weight is 266 g/mol. The van der Waals surface area contributed by atoms with E-state index in [1.165, 1.54) is 19.5 Å². The number of hydrogen-bond acceptors (Lipinski definition) is 3. The summed E-state index contributed by atoms with van der Waals surface area (Å²) in [6.07, 6.45) is 4.47. The van der Waals surface area contributed by atoms with Crippen molar-refractivity contribution < 1.29 is 9.59 Å². The summed E-state index contributed by atoms with van der Waals surface area (Å²) in [4.78, 5) is 28.1. The molecule has 0 aromatic carbocycles. The molecule has 2 heterocycles. The Balaban J connectivity index is 1.74. The fourth-order valence-corrected chi connectivity index (χ4v) is 3.32. The van der Waals surface area contributed by atoms with Gasteiger partial charge in [-0.25, -0.2) is 0 Å². The second-order valence-corrected chi connectivity index (χ2v) is 6.59. The van der Waals surface area contributed by atoms with Crippen LogP contribution in [0.5, 0.6) is 0 Å². The number of Topliss-reactive ketones (excluding diaryl/α,β-unsaturated/α-hetero) is 1. The summed E-state index contributed by atoms with van der Waals surface area (Å²) in [5.41, 5.74) is -0.579. The molecule has 2 saturated heterocycles. The number of hydrogen-bond donors (Lipinski definition) is 0. The van der Waals surface area contributed by atoms with Crippen molar-refractivity contribution in [1.29, 1.82) is 0 Å². The molecule has 0 spiro atoms. The van der Waals surface area contributed by atoms with E-state index in [4.69, 9.17) is 0 Å².